The minimum absolute atomic E-state index is 0.109. The molecular formula is C30H33Cl2N3O. The number of amides is 1. The summed E-state index contributed by atoms with van der Waals surface area (Å²) >= 11 is 12.7. The molecule has 0 spiro atoms. The molecule has 0 aliphatic carbocycles. The zero-order valence-electron chi connectivity index (χ0n) is 21.1. The van der Waals surface area contributed by atoms with Crippen LogP contribution in [0.1, 0.15) is 41.5 Å². The molecule has 0 fully saturated rings. The Morgan fingerprint density at radius 1 is 0.944 bits per heavy atom. The molecule has 1 aromatic heterocycles. The number of rotatable bonds is 10. The smallest absolute Gasteiger partial charge is 0.223 e. The number of nitrogens with zero attached hydrogens (tertiary/aromatic N) is 2. The molecule has 1 heterocycles. The summed E-state index contributed by atoms with van der Waals surface area (Å²) in [5, 5.41) is 2.14. The maximum atomic E-state index is 13.9. The minimum atomic E-state index is -0.161. The molecule has 0 saturated carbocycles. The van der Waals surface area contributed by atoms with Gasteiger partial charge in [-0.2, -0.15) is 0 Å². The predicted octanol–water partition coefficient (Wildman–Crippen LogP) is 7.15. The van der Waals surface area contributed by atoms with Crippen LogP contribution in [0, 0.1) is 0 Å². The van der Waals surface area contributed by atoms with Gasteiger partial charge in [-0.3, -0.25) is 4.79 Å². The lowest BCUT2D eigenvalue weighted by Crippen LogP contribution is -2.37. The van der Waals surface area contributed by atoms with Crippen LogP contribution in [0.3, 0.4) is 0 Å². The van der Waals surface area contributed by atoms with Gasteiger partial charge in [-0.25, -0.2) is 0 Å². The van der Waals surface area contributed by atoms with Crippen molar-refractivity contribution >= 4 is 40.0 Å². The van der Waals surface area contributed by atoms with Crippen LogP contribution in [0.5, 0.6) is 0 Å². The van der Waals surface area contributed by atoms with Gasteiger partial charge < -0.3 is 14.8 Å². The molecule has 6 heteroatoms. The second-order valence-corrected chi connectivity index (χ2v) is 10.3. The molecule has 0 radical (unpaired) electrons. The molecule has 188 valence electrons. The third-order valence-electron chi connectivity index (χ3n) is 6.70. The van der Waals surface area contributed by atoms with Crippen molar-refractivity contribution in [3.05, 3.63) is 105 Å². The monoisotopic (exact) mass is 521 g/mol. The summed E-state index contributed by atoms with van der Waals surface area (Å²) in [4.78, 5) is 21.4. The molecule has 0 bridgehead atoms. The Morgan fingerprint density at radius 2 is 1.72 bits per heavy atom. The second-order valence-electron chi connectivity index (χ2n) is 9.47. The van der Waals surface area contributed by atoms with Crippen molar-refractivity contribution in [2.45, 2.75) is 32.2 Å². The Morgan fingerprint density at radius 3 is 2.42 bits per heavy atom. The number of aromatic nitrogens is 1. The highest BCUT2D eigenvalue weighted by molar-refractivity contribution is 6.42. The molecule has 36 heavy (non-hydrogen) atoms. The first kappa shape index (κ1) is 26.3. The number of hydrogen-bond donors (Lipinski definition) is 1. The van der Waals surface area contributed by atoms with Crippen LogP contribution in [0.2, 0.25) is 10.0 Å². The highest BCUT2D eigenvalue weighted by Gasteiger charge is 2.25. The van der Waals surface area contributed by atoms with Crippen molar-refractivity contribution in [3.63, 3.8) is 0 Å². The number of hydrogen-bond acceptors (Lipinski definition) is 2. The number of benzene rings is 3. The van der Waals surface area contributed by atoms with E-state index in [-0.39, 0.29) is 11.8 Å². The number of halogens is 2. The lowest BCUT2D eigenvalue weighted by atomic mass is 9.87. The molecule has 0 aliphatic heterocycles. The van der Waals surface area contributed by atoms with Crippen LogP contribution < -0.4 is 0 Å². The van der Waals surface area contributed by atoms with E-state index in [1.54, 1.807) is 0 Å². The first-order valence-electron chi connectivity index (χ1n) is 12.4. The summed E-state index contributed by atoms with van der Waals surface area (Å²) in [5.74, 6) is -0.0523. The van der Waals surface area contributed by atoms with Gasteiger partial charge in [0.25, 0.3) is 0 Å². The van der Waals surface area contributed by atoms with Crippen LogP contribution in [0.25, 0.3) is 10.9 Å². The van der Waals surface area contributed by atoms with Crippen LogP contribution in [-0.4, -0.2) is 47.9 Å². The number of aromatic amines is 1. The van der Waals surface area contributed by atoms with Crippen LogP contribution in [0.15, 0.2) is 72.9 Å². The van der Waals surface area contributed by atoms with E-state index in [1.165, 1.54) is 5.56 Å². The zero-order valence-corrected chi connectivity index (χ0v) is 22.6. The molecule has 1 amide bonds. The summed E-state index contributed by atoms with van der Waals surface area (Å²) in [6.07, 6.45) is 3.32. The molecule has 1 atom stereocenters. The third kappa shape index (κ3) is 6.12. The number of fused-ring (bicyclic) bond motifs is 1. The van der Waals surface area contributed by atoms with Gasteiger partial charge in [0.1, 0.15) is 0 Å². The largest absolute Gasteiger partial charge is 0.361 e. The quantitative estimate of drug-likeness (QED) is 0.240. The fraction of sp³-hybridized carbons (Fsp3) is 0.300. The van der Waals surface area contributed by atoms with Gasteiger partial charge in [0.15, 0.2) is 0 Å². The Balaban J connectivity index is 1.72. The topological polar surface area (TPSA) is 39.3 Å². The number of H-pyrrole nitrogens is 1. The predicted molar refractivity (Wildman–Crippen MR) is 151 cm³/mol. The maximum absolute atomic E-state index is 13.9. The Bertz CT molecular complexity index is 1320. The van der Waals surface area contributed by atoms with E-state index < -0.39 is 0 Å². The van der Waals surface area contributed by atoms with Crippen LogP contribution in [-0.2, 0) is 17.8 Å². The number of carbonyl (C=O) groups is 1. The van der Waals surface area contributed by atoms with Crippen molar-refractivity contribution in [1.82, 2.24) is 14.8 Å². The molecule has 4 aromatic rings. The SMILES string of the molecule is CCc1cccc2c(C(CC(=O)N(CCN(C)C)Cc3ccccc3)c3ccc(Cl)c(Cl)c3)c[nH]c12. The van der Waals surface area contributed by atoms with Crippen LogP contribution in [0.4, 0.5) is 0 Å². The average molecular weight is 523 g/mol. The molecule has 0 aliphatic rings. The van der Waals surface area contributed by atoms with Gasteiger partial charge in [0, 0.05) is 49.1 Å². The van der Waals surface area contributed by atoms with Gasteiger partial charge >= 0.3 is 0 Å². The normalized spacial score (nSPS) is 12.3. The molecule has 1 N–H and O–H groups in total. The Kier molecular flexibility index (Phi) is 8.73. The van der Waals surface area contributed by atoms with Crippen LogP contribution >= 0.6 is 23.2 Å². The molecule has 1 unspecified atom stereocenters. The Hall–Kier alpha value is -2.79. The van der Waals surface area contributed by atoms with Crippen molar-refractivity contribution in [2.75, 3.05) is 27.2 Å². The minimum Gasteiger partial charge on any atom is -0.361 e. The summed E-state index contributed by atoms with van der Waals surface area (Å²) < 4.78 is 0. The summed E-state index contributed by atoms with van der Waals surface area (Å²) in [6.45, 7) is 4.18. The van der Waals surface area contributed by atoms with E-state index in [4.69, 9.17) is 23.2 Å². The fourth-order valence-electron chi connectivity index (χ4n) is 4.68. The van der Waals surface area contributed by atoms with E-state index in [0.29, 0.717) is 29.6 Å². The Labute approximate surface area is 223 Å². The summed E-state index contributed by atoms with van der Waals surface area (Å²) in [5.41, 5.74) is 5.58. The van der Waals surface area contributed by atoms with Crippen molar-refractivity contribution in [3.8, 4) is 0 Å². The first-order chi connectivity index (χ1) is 17.4. The van der Waals surface area contributed by atoms with E-state index in [2.05, 4.69) is 47.1 Å². The van der Waals surface area contributed by atoms with Gasteiger partial charge in [-0.1, -0.05) is 84.7 Å². The molecular weight excluding hydrogens is 489 g/mol. The molecule has 3 aromatic carbocycles. The molecule has 4 nitrogen and oxygen atoms in total. The van der Waals surface area contributed by atoms with Gasteiger partial charge in [-0.05, 0) is 54.9 Å². The van der Waals surface area contributed by atoms with E-state index in [0.717, 1.165) is 40.6 Å². The summed E-state index contributed by atoms with van der Waals surface area (Å²) in [6, 6.07) is 22.2. The fourth-order valence-corrected chi connectivity index (χ4v) is 4.98. The standard InChI is InChI=1S/C30H33Cl2N3O/c1-4-22-11-8-12-24-26(19-33-30(22)24)25(23-13-14-27(31)28(32)17-23)18-29(36)35(16-15-34(2)3)20-21-9-6-5-7-10-21/h5-14,17,19,25,33H,4,15-16,18,20H2,1-3H3. The maximum Gasteiger partial charge on any atom is 0.223 e. The first-order valence-corrected chi connectivity index (χ1v) is 13.1. The number of aryl methyl sites for hydroxylation is 1. The molecule has 0 saturated heterocycles. The van der Waals surface area contributed by atoms with E-state index in [9.17, 15) is 4.79 Å². The van der Waals surface area contributed by atoms with Gasteiger partial charge in [0.2, 0.25) is 5.91 Å². The highest BCUT2D eigenvalue weighted by atomic mass is 35.5. The van der Waals surface area contributed by atoms with E-state index >= 15 is 0 Å². The average Bonchev–Trinajstić information content (AvgIpc) is 3.31. The van der Waals surface area contributed by atoms with Crippen molar-refractivity contribution in [1.29, 1.82) is 0 Å². The van der Waals surface area contributed by atoms with Gasteiger partial charge in [-0.15, -0.1) is 0 Å². The summed E-state index contributed by atoms with van der Waals surface area (Å²) in [7, 11) is 4.06. The number of likely N-dealkylation sites (N-methyl/N-ethyl adjacent to an activating group) is 1. The zero-order chi connectivity index (χ0) is 25.7. The van der Waals surface area contributed by atoms with E-state index in [1.807, 2.05) is 61.6 Å². The number of nitrogens with one attached hydrogen (secondary N) is 1. The number of para-hydroxylation sites is 1. The highest BCUT2D eigenvalue weighted by Crippen LogP contribution is 2.37. The molecule has 4 rings (SSSR count). The van der Waals surface area contributed by atoms with Crippen molar-refractivity contribution in [2.24, 2.45) is 0 Å². The lowest BCUT2D eigenvalue weighted by Gasteiger charge is -2.27. The van der Waals surface area contributed by atoms with Crippen molar-refractivity contribution < 1.29 is 4.79 Å². The third-order valence-corrected chi connectivity index (χ3v) is 7.44. The second kappa shape index (κ2) is 12.0. The van der Waals surface area contributed by atoms with Gasteiger partial charge in [0.05, 0.1) is 10.0 Å². The lowest BCUT2D eigenvalue weighted by molar-refractivity contribution is -0.132. The number of carbonyl (C=O) groups excluding carboxylic acids is 1.